The Morgan fingerprint density at radius 2 is 1.84 bits per heavy atom. The average molecular weight is 527 g/mol. The van der Waals surface area contributed by atoms with Crippen molar-refractivity contribution in [1.82, 2.24) is 10.1 Å². The molecule has 0 fully saturated rings. The van der Waals surface area contributed by atoms with Crippen molar-refractivity contribution in [3.05, 3.63) is 82.7 Å². The summed E-state index contributed by atoms with van der Waals surface area (Å²) in [4.78, 5) is 16.9. The van der Waals surface area contributed by atoms with Gasteiger partial charge in [0.1, 0.15) is 23.3 Å². The quantitative estimate of drug-likeness (QED) is 0.195. The maximum atomic E-state index is 13.8. The second kappa shape index (κ2) is 11.9. The monoisotopic (exact) mass is 526 g/mol. The van der Waals surface area contributed by atoms with Crippen LogP contribution in [-0.4, -0.2) is 27.2 Å². The molecular weight excluding hydrogens is 495 g/mol. The van der Waals surface area contributed by atoms with Gasteiger partial charge in [-0.2, -0.15) is 5.09 Å². The van der Waals surface area contributed by atoms with E-state index in [9.17, 15) is 19.6 Å². The normalized spacial score (nSPS) is 15.3. The number of nitrogens with one attached hydrogen (secondary N) is 1. The standard InChI is InChI=1S/C27H31N2O7P/c1-18-26(31)25(16-30)22(15-28-18)17-34-37(33,36-23-10-4-3-5-11-23)29-19(2)27(32)35-24-13-12-20-8-6-7-9-21(20)14-24/h3-5,10-15,19,30-31H,6-9,16-17H2,1-2H3,(H,29,33)/t19-,37?/m0/s1. The summed E-state index contributed by atoms with van der Waals surface area (Å²) in [5, 5.41) is 22.6. The van der Waals surface area contributed by atoms with Crippen LogP contribution in [-0.2, 0) is 39.9 Å². The molecular formula is C27H31N2O7P. The van der Waals surface area contributed by atoms with Gasteiger partial charge in [-0.3, -0.25) is 9.51 Å². The molecule has 0 spiro atoms. The lowest BCUT2D eigenvalue weighted by Crippen LogP contribution is -2.36. The van der Waals surface area contributed by atoms with Crippen molar-refractivity contribution in [3.8, 4) is 17.2 Å². The largest absolute Gasteiger partial charge is 0.506 e. The molecule has 0 saturated heterocycles. The first kappa shape index (κ1) is 26.8. The van der Waals surface area contributed by atoms with Gasteiger partial charge in [-0.25, -0.2) is 9.36 Å². The molecule has 1 unspecified atom stereocenters. The number of nitrogens with zero attached hydrogens (tertiary/aromatic N) is 1. The number of hydrogen-bond acceptors (Lipinski definition) is 8. The molecule has 2 aromatic carbocycles. The molecule has 3 N–H and O–H groups in total. The van der Waals surface area contributed by atoms with E-state index in [1.54, 1.807) is 43.3 Å². The third-order valence-electron chi connectivity index (χ3n) is 6.19. The zero-order chi connectivity index (χ0) is 26.4. The number of ether oxygens (including phenoxy) is 1. The van der Waals surface area contributed by atoms with E-state index in [-0.39, 0.29) is 23.7 Å². The fourth-order valence-electron chi connectivity index (χ4n) is 4.12. The molecule has 1 heterocycles. The highest BCUT2D eigenvalue weighted by Gasteiger charge is 2.33. The first-order chi connectivity index (χ1) is 17.8. The number of aliphatic hydroxyl groups is 1. The molecule has 1 aliphatic carbocycles. The minimum atomic E-state index is -4.14. The molecule has 196 valence electrons. The van der Waals surface area contributed by atoms with Crippen LogP contribution in [0.1, 0.15) is 47.7 Å². The second-order valence-electron chi connectivity index (χ2n) is 8.94. The molecule has 0 radical (unpaired) electrons. The lowest BCUT2D eigenvalue weighted by Gasteiger charge is -2.23. The van der Waals surface area contributed by atoms with Gasteiger partial charge in [-0.1, -0.05) is 24.3 Å². The van der Waals surface area contributed by atoms with Crippen molar-refractivity contribution in [2.24, 2.45) is 0 Å². The summed E-state index contributed by atoms with van der Waals surface area (Å²) in [7, 11) is -4.14. The van der Waals surface area contributed by atoms with Crippen molar-refractivity contribution in [1.29, 1.82) is 0 Å². The van der Waals surface area contributed by atoms with E-state index in [1.807, 2.05) is 12.1 Å². The van der Waals surface area contributed by atoms with Gasteiger partial charge in [0.2, 0.25) is 0 Å². The fraction of sp³-hybridized carbons (Fsp3) is 0.333. The number of rotatable bonds is 10. The SMILES string of the molecule is Cc1ncc(COP(=O)(N[C@@H](C)C(=O)Oc2ccc3c(c2)CCCC3)Oc2ccccc2)c(CO)c1O. The Hall–Kier alpha value is -3.23. The molecule has 10 heteroatoms. The highest BCUT2D eigenvalue weighted by molar-refractivity contribution is 7.52. The zero-order valence-electron chi connectivity index (χ0n) is 20.8. The summed E-state index contributed by atoms with van der Waals surface area (Å²) in [6, 6.07) is 13.0. The van der Waals surface area contributed by atoms with Gasteiger partial charge >= 0.3 is 13.7 Å². The number of aromatic nitrogens is 1. The summed E-state index contributed by atoms with van der Waals surface area (Å²) < 4.78 is 30.6. The van der Waals surface area contributed by atoms with E-state index < -0.39 is 26.4 Å². The summed E-state index contributed by atoms with van der Waals surface area (Å²) >= 11 is 0. The van der Waals surface area contributed by atoms with Gasteiger partial charge in [0.25, 0.3) is 0 Å². The maximum absolute atomic E-state index is 13.8. The van der Waals surface area contributed by atoms with Gasteiger partial charge in [-0.05, 0) is 74.9 Å². The van der Waals surface area contributed by atoms with Crippen molar-refractivity contribution in [3.63, 3.8) is 0 Å². The van der Waals surface area contributed by atoms with Gasteiger partial charge in [0.05, 0.1) is 18.9 Å². The lowest BCUT2D eigenvalue weighted by molar-refractivity contribution is -0.136. The number of esters is 1. The molecule has 0 aliphatic heterocycles. The van der Waals surface area contributed by atoms with E-state index in [2.05, 4.69) is 10.1 Å². The highest BCUT2D eigenvalue weighted by atomic mass is 31.2. The van der Waals surface area contributed by atoms with E-state index in [1.165, 1.54) is 24.2 Å². The summed E-state index contributed by atoms with van der Waals surface area (Å²) in [6.45, 7) is 2.33. The minimum absolute atomic E-state index is 0.169. The Morgan fingerprint density at radius 3 is 2.57 bits per heavy atom. The number of fused-ring (bicyclic) bond motifs is 1. The molecule has 0 amide bonds. The van der Waals surface area contributed by atoms with E-state index >= 15 is 0 Å². The number of carbonyl (C=O) groups excluding carboxylic acids is 1. The van der Waals surface area contributed by atoms with Gasteiger partial charge in [0.15, 0.2) is 0 Å². The number of benzene rings is 2. The molecule has 1 aromatic heterocycles. The van der Waals surface area contributed by atoms with E-state index in [4.69, 9.17) is 13.8 Å². The van der Waals surface area contributed by atoms with Crippen molar-refractivity contribution < 1.29 is 33.4 Å². The maximum Gasteiger partial charge on any atom is 0.459 e. The zero-order valence-corrected chi connectivity index (χ0v) is 21.7. The van der Waals surface area contributed by atoms with Crippen LogP contribution >= 0.6 is 7.75 Å². The molecule has 0 saturated carbocycles. The summed E-state index contributed by atoms with van der Waals surface area (Å²) in [5.41, 5.74) is 3.32. The number of hydrogen-bond donors (Lipinski definition) is 3. The Labute approximate surface area is 216 Å². The van der Waals surface area contributed by atoms with Crippen molar-refractivity contribution >= 4 is 13.7 Å². The van der Waals surface area contributed by atoms with Crippen LogP contribution in [0, 0.1) is 6.92 Å². The molecule has 9 nitrogen and oxygen atoms in total. The average Bonchev–Trinajstić information content (AvgIpc) is 2.89. The first-order valence-corrected chi connectivity index (χ1v) is 13.7. The fourth-order valence-corrected chi connectivity index (χ4v) is 5.59. The third kappa shape index (κ3) is 6.76. The first-order valence-electron chi connectivity index (χ1n) is 12.2. The van der Waals surface area contributed by atoms with Crippen LogP contribution in [0.25, 0.3) is 0 Å². The Balaban J connectivity index is 1.50. The van der Waals surface area contributed by atoms with Crippen LogP contribution in [0.5, 0.6) is 17.2 Å². The molecule has 3 aromatic rings. The molecule has 1 aliphatic rings. The van der Waals surface area contributed by atoms with Crippen LogP contribution in [0.3, 0.4) is 0 Å². The number of pyridine rings is 1. The number of para-hydroxylation sites is 1. The Morgan fingerprint density at radius 1 is 1.11 bits per heavy atom. The minimum Gasteiger partial charge on any atom is -0.506 e. The van der Waals surface area contributed by atoms with Crippen LogP contribution in [0.15, 0.2) is 54.7 Å². The summed E-state index contributed by atoms with van der Waals surface area (Å²) in [5.74, 6) is -0.132. The Kier molecular flexibility index (Phi) is 8.61. The molecule has 4 rings (SSSR count). The van der Waals surface area contributed by atoms with Crippen LogP contribution in [0.4, 0.5) is 0 Å². The molecule has 0 bridgehead atoms. The van der Waals surface area contributed by atoms with Crippen LogP contribution in [0.2, 0.25) is 0 Å². The smallest absolute Gasteiger partial charge is 0.459 e. The van der Waals surface area contributed by atoms with Gasteiger partial charge in [0, 0.05) is 17.3 Å². The number of aryl methyl sites for hydroxylation is 3. The van der Waals surface area contributed by atoms with E-state index in [0.29, 0.717) is 17.0 Å². The Bertz CT molecular complexity index is 1300. The molecule has 2 atom stereocenters. The van der Waals surface area contributed by atoms with Crippen molar-refractivity contribution in [2.45, 2.75) is 58.8 Å². The number of aromatic hydroxyl groups is 1. The summed E-state index contributed by atoms with van der Waals surface area (Å²) in [6.07, 6.45) is 5.64. The predicted molar refractivity (Wildman–Crippen MR) is 137 cm³/mol. The second-order valence-corrected chi connectivity index (χ2v) is 10.6. The number of carbonyl (C=O) groups is 1. The molecule has 37 heavy (non-hydrogen) atoms. The van der Waals surface area contributed by atoms with E-state index in [0.717, 1.165) is 25.7 Å². The van der Waals surface area contributed by atoms with Crippen molar-refractivity contribution in [2.75, 3.05) is 0 Å². The third-order valence-corrected chi connectivity index (χ3v) is 7.81. The predicted octanol–water partition coefficient (Wildman–Crippen LogP) is 4.75. The highest BCUT2D eigenvalue weighted by Crippen LogP contribution is 2.46. The number of aliphatic hydroxyl groups excluding tert-OH is 1. The lowest BCUT2D eigenvalue weighted by atomic mass is 9.92. The topological polar surface area (TPSA) is 127 Å². The van der Waals surface area contributed by atoms with Gasteiger partial charge < -0.3 is 19.5 Å². The van der Waals surface area contributed by atoms with Crippen LogP contribution < -0.4 is 14.3 Å². The van der Waals surface area contributed by atoms with Gasteiger partial charge in [-0.15, -0.1) is 0 Å².